The van der Waals surface area contributed by atoms with Gasteiger partial charge in [0.2, 0.25) is 5.88 Å². The summed E-state index contributed by atoms with van der Waals surface area (Å²) < 4.78 is 5.59. The third-order valence-corrected chi connectivity index (χ3v) is 2.34. The van der Waals surface area contributed by atoms with E-state index in [2.05, 4.69) is 25.8 Å². The number of nitrogens with two attached hydrogens (primary N) is 1. The van der Waals surface area contributed by atoms with Crippen LogP contribution in [0.1, 0.15) is 38.4 Å². The lowest BCUT2D eigenvalue weighted by molar-refractivity contribution is 0.236. The molecule has 4 heteroatoms. The van der Waals surface area contributed by atoms with Gasteiger partial charge in [0.05, 0.1) is 6.61 Å². The monoisotopic (exact) mass is 235 g/mol. The largest absolute Gasteiger partial charge is 0.478 e. The first-order chi connectivity index (χ1) is 7.78. The molecule has 0 aromatic carbocycles. The highest BCUT2D eigenvalue weighted by molar-refractivity contribution is 5.95. The van der Waals surface area contributed by atoms with E-state index in [1.807, 2.05) is 6.92 Å². The lowest BCUT2D eigenvalue weighted by Crippen LogP contribution is -2.14. The fourth-order valence-electron chi connectivity index (χ4n) is 1.33. The first-order valence-electron chi connectivity index (χ1n) is 5.74. The summed E-state index contributed by atoms with van der Waals surface area (Å²) in [5.41, 5.74) is 7.16. The smallest absolute Gasteiger partial charge is 0.214 e. The van der Waals surface area contributed by atoms with Gasteiger partial charge in [0.15, 0.2) is 0 Å². The Morgan fingerprint density at radius 2 is 2.06 bits per heavy atom. The van der Waals surface area contributed by atoms with Crippen LogP contribution >= 0.6 is 0 Å². The Hall–Kier alpha value is -1.58. The van der Waals surface area contributed by atoms with Gasteiger partial charge in [-0.15, -0.1) is 0 Å². The maximum atomic E-state index is 7.40. The van der Waals surface area contributed by atoms with E-state index < -0.39 is 0 Å². The molecule has 0 unspecified atom stereocenters. The van der Waals surface area contributed by atoms with Crippen LogP contribution in [0.25, 0.3) is 0 Å². The number of hydrogen-bond donors (Lipinski definition) is 2. The number of hydrogen-bond acceptors (Lipinski definition) is 3. The van der Waals surface area contributed by atoms with Gasteiger partial charge in [-0.1, -0.05) is 20.8 Å². The maximum absolute atomic E-state index is 7.40. The van der Waals surface area contributed by atoms with E-state index in [1.165, 1.54) is 0 Å². The Labute approximate surface area is 103 Å². The van der Waals surface area contributed by atoms with E-state index in [0.717, 1.165) is 12.1 Å². The molecule has 0 saturated carbocycles. The molecule has 1 aromatic rings. The Bertz CT molecular complexity index is 408. The summed E-state index contributed by atoms with van der Waals surface area (Å²) in [5.74, 6) is 0.579. The van der Waals surface area contributed by atoms with Crippen LogP contribution in [0.15, 0.2) is 12.1 Å². The second kappa shape index (κ2) is 5.17. The third-order valence-electron chi connectivity index (χ3n) is 2.34. The zero-order chi connectivity index (χ0) is 13.1. The number of ether oxygens (including phenoxy) is 1. The molecule has 0 atom stereocenters. The number of amidine groups is 1. The molecule has 17 heavy (non-hydrogen) atoms. The summed E-state index contributed by atoms with van der Waals surface area (Å²) in [6.07, 6.45) is 0.956. The molecule has 0 fully saturated rings. The zero-order valence-corrected chi connectivity index (χ0v) is 11.0. The van der Waals surface area contributed by atoms with Gasteiger partial charge in [0, 0.05) is 17.3 Å². The number of aryl methyl sites for hydroxylation is 1. The van der Waals surface area contributed by atoms with Crippen molar-refractivity contribution in [3.63, 3.8) is 0 Å². The van der Waals surface area contributed by atoms with Gasteiger partial charge < -0.3 is 10.5 Å². The predicted octanol–water partition coefficient (Wildman–Crippen LogP) is 2.49. The molecular weight excluding hydrogens is 214 g/mol. The summed E-state index contributed by atoms with van der Waals surface area (Å²) in [7, 11) is 0. The van der Waals surface area contributed by atoms with Crippen molar-refractivity contribution in [3.8, 4) is 5.88 Å². The van der Waals surface area contributed by atoms with Gasteiger partial charge in [0.1, 0.15) is 5.84 Å². The van der Waals surface area contributed by atoms with E-state index in [9.17, 15) is 0 Å². The van der Waals surface area contributed by atoms with Crippen molar-refractivity contribution in [2.24, 2.45) is 11.1 Å². The number of nitrogen functional groups attached to an aromatic ring is 1. The maximum Gasteiger partial charge on any atom is 0.214 e. The molecule has 3 N–H and O–H groups in total. The average molecular weight is 235 g/mol. The molecule has 94 valence electrons. The Morgan fingerprint density at radius 3 is 2.59 bits per heavy atom. The number of pyridine rings is 1. The standard InChI is InChI=1S/C13H21N3O/c1-9-7-10(12(14)15)8-11(16-9)17-6-5-13(2,3)4/h7-8H,5-6H2,1-4H3,(H3,14,15). The molecule has 0 saturated heterocycles. The molecule has 1 heterocycles. The van der Waals surface area contributed by atoms with E-state index in [1.54, 1.807) is 12.1 Å². The summed E-state index contributed by atoms with van der Waals surface area (Å²) >= 11 is 0. The van der Waals surface area contributed by atoms with Gasteiger partial charge in [0.25, 0.3) is 0 Å². The molecule has 4 nitrogen and oxygen atoms in total. The fourth-order valence-corrected chi connectivity index (χ4v) is 1.33. The zero-order valence-electron chi connectivity index (χ0n) is 11.0. The second-order valence-electron chi connectivity index (χ2n) is 5.41. The molecule has 0 bridgehead atoms. The van der Waals surface area contributed by atoms with Crippen molar-refractivity contribution < 1.29 is 4.74 Å². The lowest BCUT2D eigenvalue weighted by Gasteiger charge is -2.18. The van der Waals surface area contributed by atoms with Crippen molar-refractivity contribution in [2.45, 2.75) is 34.1 Å². The highest BCUT2D eigenvalue weighted by Gasteiger charge is 2.10. The summed E-state index contributed by atoms with van der Waals surface area (Å²) in [5, 5.41) is 7.40. The molecular formula is C13H21N3O. The Kier molecular flexibility index (Phi) is 4.10. The average Bonchev–Trinajstić information content (AvgIpc) is 2.14. The SMILES string of the molecule is Cc1cc(C(=N)N)cc(OCCC(C)(C)C)n1. The minimum Gasteiger partial charge on any atom is -0.478 e. The molecule has 1 aromatic heterocycles. The minimum atomic E-state index is 0.0381. The van der Waals surface area contributed by atoms with Crippen molar-refractivity contribution in [1.29, 1.82) is 5.41 Å². The first-order valence-corrected chi connectivity index (χ1v) is 5.74. The third kappa shape index (κ3) is 4.85. The second-order valence-corrected chi connectivity index (χ2v) is 5.41. The molecule has 1 rings (SSSR count). The van der Waals surface area contributed by atoms with Crippen molar-refractivity contribution >= 4 is 5.84 Å². The Balaban J connectivity index is 2.68. The van der Waals surface area contributed by atoms with Crippen LogP contribution in [0, 0.1) is 17.7 Å². The van der Waals surface area contributed by atoms with E-state index in [4.69, 9.17) is 15.9 Å². The predicted molar refractivity (Wildman–Crippen MR) is 69.6 cm³/mol. The lowest BCUT2D eigenvalue weighted by atomic mass is 9.93. The van der Waals surface area contributed by atoms with Gasteiger partial charge in [-0.05, 0) is 24.8 Å². The van der Waals surface area contributed by atoms with Gasteiger partial charge >= 0.3 is 0 Å². The minimum absolute atomic E-state index is 0.0381. The molecule has 0 aliphatic heterocycles. The number of rotatable bonds is 4. The van der Waals surface area contributed by atoms with Gasteiger partial charge in [-0.2, -0.15) is 0 Å². The van der Waals surface area contributed by atoms with E-state index in [-0.39, 0.29) is 11.3 Å². The number of nitrogens with one attached hydrogen (secondary N) is 1. The van der Waals surface area contributed by atoms with E-state index >= 15 is 0 Å². The van der Waals surface area contributed by atoms with Crippen LogP contribution in [-0.2, 0) is 0 Å². The molecule has 0 amide bonds. The van der Waals surface area contributed by atoms with Crippen molar-refractivity contribution in [3.05, 3.63) is 23.4 Å². The van der Waals surface area contributed by atoms with Crippen molar-refractivity contribution in [2.75, 3.05) is 6.61 Å². The van der Waals surface area contributed by atoms with Crippen LogP contribution < -0.4 is 10.5 Å². The summed E-state index contributed by atoms with van der Waals surface area (Å²) in [4.78, 5) is 4.26. The van der Waals surface area contributed by atoms with Crippen LogP contribution in [0.3, 0.4) is 0 Å². The number of aromatic nitrogens is 1. The van der Waals surface area contributed by atoms with Crippen LogP contribution in [0.2, 0.25) is 0 Å². The summed E-state index contributed by atoms with van der Waals surface area (Å²) in [6.45, 7) is 8.99. The van der Waals surface area contributed by atoms with E-state index in [0.29, 0.717) is 18.1 Å². The first kappa shape index (κ1) is 13.5. The molecule has 0 radical (unpaired) electrons. The normalized spacial score (nSPS) is 11.3. The fraction of sp³-hybridized carbons (Fsp3) is 0.538. The number of nitrogens with zero attached hydrogens (tertiary/aromatic N) is 1. The van der Waals surface area contributed by atoms with Gasteiger partial charge in [-0.25, -0.2) is 4.98 Å². The molecule has 0 aliphatic carbocycles. The molecule has 0 spiro atoms. The summed E-state index contributed by atoms with van der Waals surface area (Å²) in [6, 6.07) is 3.48. The topological polar surface area (TPSA) is 72.0 Å². The van der Waals surface area contributed by atoms with Gasteiger partial charge in [-0.3, -0.25) is 5.41 Å². The highest BCUT2D eigenvalue weighted by Crippen LogP contribution is 2.19. The molecule has 0 aliphatic rings. The quantitative estimate of drug-likeness (QED) is 0.622. The Morgan fingerprint density at radius 1 is 1.41 bits per heavy atom. The van der Waals surface area contributed by atoms with Crippen molar-refractivity contribution in [1.82, 2.24) is 4.98 Å². The van der Waals surface area contributed by atoms with Crippen LogP contribution in [-0.4, -0.2) is 17.4 Å². The van der Waals surface area contributed by atoms with Crippen LogP contribution in [0.4, 0.5) is 0 Å². The van der Waals surface area contributed by atoms with Crippen LogP contribution in [0.5, 0.6) is 5.88 Å². The highest BCUT2D eigenvalue weighted by atomic mass is 16.5.